The zero-order valence-electron chi connectivity index (χ0n) is 12.8. The zero-order chi connectivity index (χ0) is 16.4. The zero-order valence-corrected chi connectivity index (χ0v) is 14.4. The number of carbonyl (C=O) groups excluding carboxylic acids is 1. The number of amides is 2. The number of nitrogens with one attached hydrogen (secondary N) is 2. The molecule has 0 aliphatic rings. The van der Waals surface area contributed by atoms with Crippen LogP contribution in [0.2, 0.25) is 0 Å². The third kappa shape index (κ3) is 3.53. The lowest BCUT2D eigenvalue weighted by atomic mass is 10.1. The van der Waals surface area contributed by atoms with E-state index in [0.717, 1.165) is 21.0 Å². The molecule has 1 aromatic heterocycles. The molecule has 0 aliphatic carbocycles. The van der Waals surface area contributed by atoms with Crippen molar-refractivity contribution in [1.82, 2.24) is 10.5 Å². The first-order chi connectivity index (χ1) is 11.0. The number of hydrogen-bond acceptors (Lipinski definition) is 3. The highest BCUT2D eigenvalue weighted by Gasteiger charge is 2.10. The van der Waals surface area contributed by atoms with Gasteiger partial charge in [-0.2, -0.15) is 0 Å². The summed E-state index contributed by atoms with van der Waals surface area (Å²) in [6.07, 6.45) is 0. The Hall–Kier alpha value is -2.34. The first-order valence-corrected chi connectivity index (χ1v) is 7.98. The monoisotopic (exact) mass is 373 g/mol. The standard InChI is InChI=1S/C17H16BrN3O2/c1-10-4-6-16-12(7-10)15(21-23-16)9-19-17(22)20-14-5-3-11(2)8-13(14)18/h3-8H,9H2,1-2H3,(H2,19,20,22). The Kier molecular flexibility index (Phi) is 4.34. The summed E-state index contributed by atoms with van der Waals surface area (Å²) in [4.78, 5) is 12.0. The van der Waals surface area contributed by atoms with Gasteiger partial charge in [-0.1, -0.05) is 22.9 Å². The molecule has 2 amide bonds. The van der Waals surface area contributed by atoms with Gasteiger partial charge in [-0.25, -0.2) is 4.79 Å². The van der Waals surface area contributed by atoms with Crippen LogP contribution in [0.1, 0.15) is 16.8 Å². The van der Waals surface area contributed by atoms with E-state index in [4.69, 9.17) is 4.52 Å². The van der Waals surface area contributed by atoms with Crippen LogP contribution in [0.4, 0.5) is 10.5 Å². The van der Waals surface area contributed by atoms with Gasteiger partial charge in [0.15, 0.2) is 5.58 Å². The molecule has 0 bridgehead atoms. The highest BCUT2D eigenvalue weighted by atomic mass is 79.9. The van der Waals surface area contributed by atoms with E-state index in [1.165, 1.54) is 0 Å². The van der Waals surface area contributed by atoms with Crippen molar-refractivity contribution in [2.45, 2.75) is 20.4 Å². The lowest BCUT2D eigenvalue weighted by Crippen LogP contribution is -2.28. The molecule has 0 unspecified atom stereocenters. The van der Waals surface area contributed by atoms with Crippen LogP contribution >= 0.6 is 15.9 Å². The number of benzene rings is 2. The van der Waals surface area contributed by atoms with Crippen molar-refractivity contribution in [3.8, 4) is 0 Å². The van der Waals surface area contributed by atoms with Gasteiger partial charge in [-0.15, -0.1) is 0 Å². The number of aromatic nitrogens is 1. The molecule has 5 nitrogen and oxygen atoms in total. The Morgan fingerprint density at radius 1 is 1.17 bits per heavy atom. The van der Waals surface area contributed by atoms with Crippen LogP contribution in [0.5, 0.6) is 0 Å². The molecule has 23 heavy (non-hydrogen) atoms. The van der Waals surface area contributed by atoms with Crippen molar-refractivity contribution in [2.75, 3.05) is 5.32 Å². The molecule has 0 spiro atoms. The normalized spacial score (nSPS) is 10.7. The van der Waals surface area contributed by atoms with Crippen molar-refractivity contribution in [2.24, 2.45) is 0 Å². The first kappa shape index (κ1) is 15.6. The maximum absolute atomic E-state index is 12.0. The number of fused-ring (bicyclic) bond motifs is 1. The Bertz CT molecular complexity index is 873. The summed E-state index contributed by atoms with van der Waals surface area (Å²) in [5.41, 5.74) is 4.38. The second-order valence-electron chi connectivity index (χ2n) is 5.42. The van der Waals surface area contributed by atoms with Crippen LogP contribution in [-0.4, -0.2) is 11.2 Å². The molecule has 2 aromatic carbocycles. The van der Waals surface area contributed by atoms with Gasteiger partial charge in [-0.3, -0.25) is 0 Å². The minimum atomic E-state index is -0.293. The molecule has 0 aliphatic heterocycles. The molecule has 118 valence electrons. The number of nitrogens with zero attached hydrogens (tertiary/aromatic N) is 1. The van der Waals surface area contributed by atoms with Crippen molar-refractivity contribution in [1.29, 1.82) is 0 Å². The van der Waals surface area contributed by atoms with Crippen LogP contribution in [0.15, 0.2) is 45.4 Å². The molecule has 0 radical (unpaired) electrons. The minimum absolute atomic E-state index is 0.293. The summed E-state index contributed by atoms with van der Waals surface area (Å²) in [5, 5.41) is 10.5. The van der Waals surface area contributed by atoms with Gasteiger partial charge in [0.1, 0.15) is 5.69 Å². The number of urea groups is 1. The summed E-state index contributed by atoms with van der Waals surface area (Å²) >= 11 is 3.44. The van der Waals surface area contributed by atoms with Crippen molar-refractivity contribution in [3.63, 3.8) is 0 Å². The molecular weight excluding hydrogens is 358 g/mol. The van der Waals surface area contributed by atoms with Crippen LogP contribution in [0, 0.1) is 13.8 Å². The average Bonchev–Trinajstić information content (AvgIpc) is 2.90. The quantitative estimate of drug-likeness (QED) is 0.708. The smallest absolute Gasteiger partial charge is 0.319 e. The maximum Gasteiger partial charge on any atom is 0.319 e. The third-order valence-electron chi connectivity index (χ3n) is 3.49. The number of hydrogen-bond donors (Lipinski definition) is 2. The maximum atomic E-state index is 12.0. The number of halogens is 1. The summed E-state index contributed by atoms with van der Waals surface area (Å²) in [6.45, 7) is 4.29. The van der Waals surface area contributed by atoms with Gasteiger partial charge in [0.25, 0.3) is 0 Å². The van der Waals surface area contributed by atoms with Gasteiger partial charge < -0.3 is 15.2 Å². The molecule has 0 saturated heterocycles. The minimum Gasteiger partial charge on any atom is -0.356 e. The SMILES string of the molecule is Cc1ccc(NC(=O)NCc2noc3ccc(C)cc23)c(Br)c1. The topological polar surface area (TPSA) is 67.2 Å². The molecule has 3 rings (SSSR count). The summed E-state index contributed by atoms with van der Waals surface area (Å²) in [5.74, 6) is 0. The predicted molar refractivity (Wildman–Crippen MR) is 93.5 cm³/mol. The van der Waals surface area contributed by atoms with E-state index in [1.54, 1.807) is 0 Å². The second kappa shape index (κ2) is 6.42. The van der Waals surface area contributed by atoms with Crippen molar-refractivity contribution >= 4 is 38.6 Å². The third-order valence-corrected chi connectivity index (χ3v) is 4.15. The Morgan fingerprint density at radius 2 is 1.91 bits per heavy atom. The molecule has 0 saturated carbocycles. The summed E-state index contributed by atoms with van der Waals surface area (Å²) < 4.78 is 6.10. The van der Waals surface area contributed by atoms with E-state index in [2.05, 4.69) is 31.7 Å². The van der Waals surface area contributed by atoms with Gasteiger partial charge in [0, 0.05) is 9.86 Å². The summed E-state index contributed by atoms with van der Waals surface area (Å²) in [6, 6.07) is 11.3. The van der Waals surface area contributed by atoms with E-state index in [9.17, 15) is 4.79 Å². The number of anilines is 1. The number of rotatable bonds is 3. The van der Waals surface area contributed by atoms with Gasteiger partial charge >= 0.3 is 6.03 Å². The molecule has 1 heterocycles. The number of carbonyl (C=O) groups is 1. The first-order valence-electron chi connectivity index (χ1n) is 7.19. The molecule has 2 N–H and O–H groups in total. The van der Waals surface area contributed by atoms with Crippen molar-refractivity contribution in [3.05, 3.63) is 57.7 Å². The van der Waals surface area contributed by atoms with E-state index >= 15 is 0 Å². The fourth-order valence-electron chi connectivity index (χ4n) is 2.28. The Labute approximate surface area is 142 Å². The van der Waals surface area contributed by atoms with E-state index in [1.807, 2.05) is 50.2 Å². The highest BCUT2D eigenvalue weighted by Crippen LogP contribution is 2.23. The Balaban J connectivity index is 1.67. The molecular formula is C17H16BrN3O2. The summed E-state index contributed by atoms with van der Waals surface area (Å²) in [7, 11) is 0. The molecule has 6 heteroatoms. The highest BCUT2D eigenvalue weighted by molar-refractivity contribution is 9.10. The Morgan fingerprint density at radius 3 is 2.70 bits per heavy atom. The molecule has 3 aromatic rings. The lowest BCUT2D eigenvalue weighted by Gasteiger charge is -2.09. The van der Waals surface area contributed by atoms with Crippen LogP contribution in [0.25, 0.3) is 11.0 Å². The lowest BCUT2D eigenvalue weighted by molar-refractivity contribution is 0.251. The fourth-order valence-corrected chi connectivity index (χ4v) is 2.87. The van der Waals surface area contributed by atoms with Crippen LogP contribution in [0.3, 0.4) is 0 Å². The predicted octanol–water partition coefficient (Wildman–Crippen LogP) is 4.53. The van der Waals surface area contributed by atoms with E-state index < -0.39 is 0 Å². The molecule has 0 fully saturated rings. The van der Waals surface area contributed by atoms with Gasteiger partial charge in [0.2, 0.25) is 0 Å². The average molecular weight is 374 g/mol. The van der Waals surface area contributed by atoms with Crippen LogP contribution in [-0.2, 0) is 6.54 Å². The van der Waals surface area contributed by atoms with Crippen LogP contribution < -0.4 is 10.6 Å². The molecule has 0 atom stereocenters. The van der Waals surface area contributed by atoms with Crippen molar-refractivity contribution < 1.29 is 9.32 Å². The van der Waals surface area contributed by atoms with E-state index in [0.29, 0.717) is 23.5 Å². The number of aryl methyl sites for hydroxylation is 2. The van der Waals surface area contributed by atoms with Gasteiger partial charge in [0.05, 0.1) is 12.2 Å². The fraction of sp³-hybridized carbons (Fsp3) is 0.176. The van der Waals surface area contributed by atoms with E-state index in [-0.39, 0.29) is 6.03 Å². The van der Waals surface area contributed by atoms with Gasteiger partial charge in [-0.05, 0) is 59.6 Å². The largest absolute Gasteiger partial charge is 0.356 e. The second-order valence-corrected chi connectivity index (χ2v) is 6.27.